The SMILES string of the molecule is C=CCCC(=O)Nc1cc2c(cc1N)OCO2. The highest BCUT2D eigenvalue weighted by Gasteiger charge is 2.16. The lowest BCUT2D eigenvalue weighted by Crippen LogP contribution is -2.12. The van der Waals surface area contributed by atoms with Crippen molar-refractivity contribution < 1.29 is 14.3 Å². The summed E-state index contributed by atoms with van der Waals surface area (Å²) >= 11 is 0. The van der Waals surface area contributed by atoms with Crippen LogP contribution in [0.4, 0.5) is 11.4 Å². The molecule has 1 aromatic rings. The normalized spacial score (nSPS) is 12.2. The molecule has 0 saturated heterocycles. The van der Waals surface area contributed by atoms with Gasteiger partial charge in [0.15, 0.2) is 11.5 Å². The molecule has 0 aromatic heterocycles. The first kappa shape index (κ1) is 11.3. The molecule has 0 bridgehead atoms. The second-order valence-corrected chi connectivity index (χ2v) is 3.67. The molecule has 2 rings (SSSR count). The van der Waals surface area contributed by atoms with E-state index in [0.717, 1.165) is 0 Å². The molecule has 1 aliphatic heterocycles. The molecule has 1 aliphatic rings. The summed E-state index contributed by atoms with van der Waals surface area (Å²) in [6, 6.07) is 3.31. The Hall–Kier alpha value is -2.17. The monoisotopic (exact) mass is 234 g/mol. The van der Waals surface area contributed by atoms with Crippen LogP contribution in [0.1, 0.15) is 12.8 Å². The summed E-state index contributed by atoms with van der Waals surface area (Å²) in [5.41, 5.74) is 6.80. The molecule has 90 valence electrons. The predicted molar refractivity (Wildman–Crippen MR) is 65.0 cm³/mol. The number of hydrogen-bond acceptors (Lipinski definition) is 4. The minimum Gasteiger partial charge on any atom is -0.454 e. The molecule has 0 atom stereocenters. The quantitative estimate of drug-likeness (QED) is 0.616. The highest BCUT2D eigenvalue weighted by Crippen LogP contribution is 2.38. The number of nitrogens with two attached hydrogens (primary N) is 1. The number of allylic oxidation sites excluding steroid dienone is 1. The first-order valence-electron chi connectivity index (χ1n) is 5.30. The van der Waals surface area contributed by atoms with Gasteiger partial charge in [0, 0.05) is 18.6 Å². The Morgan fingerprint density at radius 3 is 2.88 bits per heavy atom. The number of nitrogen functional groups attached to an aromatic ring is 1. The Bertz CT molecular complexity index is 457. The minimum atomic E-state index is -0.101. The third-order valence-electron chi connectivity index (χ3n) is 2.39. The first-order valence-corrected chi connectivity index (χ1v) is 5.30. The molecule has 1 heterocycles. The van der Waals surface area contributed by atoms with E-state index in [1.165, 1.54) is 0 Å². The molecule has 17 heavy (non-hydrogen) atoms. The number of amides is 1. The number of anilines is 2. The van der Waals surface area contributed by atoms with Crippen LogP contribution >= 0.6 is 0 Å². The van der Waals surface area contributed by atoms with E-state index < -0.39 is 0 Å². The summed E-state index contributed by atoms with van der Waals surface area (Å²) < 4.78 is 10.4. The Balaban J connectivity index is 2.10. The molecule has 1 amide bonds. The van der Waals surface area contributed by atoms with E-state index in [2.05, 4.69) is 11.9 Å². The fourth-order valence-electron chi connectivity index (χ4n) is 1.51. The van der Waals surface area contributed by atoms with E-state index in [1.54, 1.807) is 18.2 Å². The first-order chi connectivity index (χ1) is 8.20. The number of ether oxygens (including phenoxy) is 2. The number of rotatable bonds is 4. The van der Waals surface area contributed by atoms with Crippen molar-refractivity contribution in [2.75, 3.05) is 17.8 Å². The van der Waals surface area contributed by atoms with Gasteiger partial charge in [0.1, 0.15) is 0 Å². The van der Waals surface area contributed by atoms with Gasteiger partial charge in [0.2, 0.25) is 12.7 Å². The van der Waals surface area contributed by atoms with Gasteiger partial charge in [-0.1, -0.05) is 6.08 Å². The second-order valence-electron chi connectivity index (χ2n) is 3.67. The van der Waals surface area contributed by atoms with Gasteiger partial charge in [-0.3, -0.25) is 4.79 Å². The highest BCUT2D eigenvalue weighted by molar-refractivity contribution is 5.94. The van der Waals surface area contributed by atoms with Gasteiger partial charge >= 0.3 is 0 Å². The molecule has 3 N–H and O–H groups in total. The lowest BCUT2D eigenvalue weighted by Gasteiger charge is -2.08. The van der Waals surface area contributed by atoms with E-state index in [-0.39, 0.29) is 12.7 Å². The van der Waals surface area contributed by atoms with E-state index in [1.807, 2.05) is 0 Å². The van der Waals surface area contributed by atoms with E-state index >= 15 is 0 Å². The molecule has 0 aliphatic carbocycles. The molecule has 0 fully saturated rings. The van der Waals surface area contributed by atoms with Gasteiger partial charge in [-0.25, -0.2) is 0 Å². The maximum atomic E-state index is 11.5. The van der Waals surface area contributed by atoms with Crippen molar-refractivity contribution in [3.05, 3.63) is 24.8 Å². The fourth-order valence-corrected chi connectivity index (χ4v) is 1.51. The molecule has 0 saturated carbocycles. The van der Waals surface area contributed by atoms with Crippen molar-refractivity contribution in [2.45, 2.75) is 12.8 Å². The van der Waals surface area contributed by atoms with Crippen LogP contribution in [0.2, 0.25) is 0 Å². The van der Waals surface area contributed by atoms with Crippen molar-refractivity contribution in [1.82, 2.24) is 0 Å². The van der Waals surface area contributed by atoms with E-state index in [4.69, 9.17) is 15.2 Å². The Morgan fingerprint density at radius 1 is 1.47 bits per heavy atom. The average molecular weight is 234 g/mol. The zero-order chi connectivity index (χ0) is 12.3. The Morgan fingerprint density at radius 2 is 2.18 bits per heavy atom. The molecule has 0 spiro atoms. The molecular formula is C12H14N2O3. The van der Waals surface area contributed by atoms with Gasteiger partial charge < -0.3 is 20.5 Å². The standard InChI is InChI=1S/C12H14N2O3/c1-2-3-4-12(15)14-9-6-11-10(5-8(9)13)16-7-17-11/h2,5-6H,1,3-4,7,13H2,(H,14,15). The predicted octanol–water partition coefficient (Wildman–Crippen LogP) is 1.90. The van der Waals surface area contributed by atoms with Gasteiger partial charge in [-0.05, 0) is 6.42 Å². The molecule has 0 radical (unpaired) electrons. The summed E-state index contributed by atoms with van der Waals surface area (Å²) in [4.78, 5) is 11.5. The van der Waals surface area contributed by atoms with Gasteiger partial charge in [-0.2, -0.15) is 0 Å². The number of fused-ring (bicyclic) bond motifs is 1. The van der Waals surface area contributed by atoms with Crippen molar-refractivity contribution >= 4 is 17.3 Å². The maximum Gasteiger partial charge on any atom is 0.231 e. The van der Waals surface area contributed by atoms with Crippen molar-refractivity contribution in [3.63, 3.8) is 0 Å². The molecule has 5 nitrogen and oxygen atoms in total. The lowest BCUT2D eigenvalue weighted by atomic mass is 10.2. The lowest BCUT2D eigenvalue weighted by molar-refractivity contribution is -0.116. The summed E-state index contributed by atoms with van der Waals surface area (Å²) in [5, 5.41) is 2.73. The summed E-state index contributed by atoms with van der Waals surface area (Å²) in [7, 11) is 0. The van der Waals surface area contributed by atoms with Gasteiger partial charge in [0.25, 0.3) is 0 Å². The third-order valence-corrected chi connectivity index (χ3v) is 2.39. The largest absolute Gasteiger partial charge is 0.454 e. The van der Waals surface area contributed by atoms with Crippen LogP contribution in [0.15, 0.2) is 24.8 Å². The smallest absolute Gasteiger partial charge is 0.231 e. The van der Waals surface area contributed by atoms with Crippen LogP contribution in [0.25, 0.3) is 0 Å². The molecule has 0 unspecified atom stereocenters. The van der Waals surface area contributed by atoms with Crippen molar-refractivity contribution in [3.8, 4) is 11.5 Å². The van der Waals surface area contributed by atoms with Crippen LogP contribution in [-0.4, -0.2) is 12.7 Å². The van der Waals surface area contributed by atoms with Crippen LogP contribution in [0.3, 0.4) is 0 Å². The van der Waals surface area contributed by atoms with Gasteiger partial charge in [0.05, 0.1) is 11.4 Å². The topological polar surface area (TPSA) is 73.6 Å². The van der Waals surface area contributed by atoms with Crippen LogP contribution < -0.4 is 20.5 Å². The molecule has 1 aromatic carbocycles. The van der Waals surface area contributed by atoms with Crippen LogP contribution in [0, 0.1) is 0 Å². The molecule has 5 heteroatoms. The van der Waals surface area contributed by atoms with E-state index in [9.17, 15) is 4.79 Å². The maximum absolute atomic E-state index is 11.5. The minimum absolute atomic E-state index is 0.101. The number of hydrogen-bond donors (Lipinski definition) is 2. The second kappa shape index (κ2) is 4.78. The Kier molecular flexibility index (Phi) is 3.18. The zero-order valence-electron chi connectivity index (χ0n) is 9.36. The summed E-state index contributed by atoms with van der Waals surface area (Å²) in [5.74, 6) is 1.10. The average Bonchev–Trinajstić information content (AvgIpc) is 2.74. The zero-order valence-corrected chi connectivity index (χ0v) is 9.36. The van der Waals surface area contributed by atoms with Crippen LogP contribution in [0.5, 0.6) is 11.5 Å². The number of nitrogens with one attached hydrogen (secondary N) is 1. The highest BCUT2D eigenvalue weighted by atomic mass is 16.7. The molecular weight excluding hydrogens is 220 g/mol. The Labute approximate surface area is 99.2 Å². The number of carbonyl (C=O) groups is 1. The number of carbonyl (C=O) groups excluding carboxylic acids is 1. The van der Waals surface area contributed by atoms with Crippen molar-refractivity contribution in [2.24, 2.45) is 0 Å². The van der Waals surface area contributed by atoms with E-state index in [0.29, 0.717) is 35.7 Å². The number of benzene rings is 1. The van der Waals surface area contributed by atoms with Gasteiger partial charge in [-0.15, -0.1) is 6.58 Å². The van der Waals surface area contributed by atoms with Crippen molar-refractivity contribution in [1.29, 1.82) is 0 Å². The van der Waals surface area contributed by atoms with Crippen LogP contribution in [-0.2, 0) is 4.79 Å². The summed E-state index contributed by atoms with van der Waals surface area (Å²) in [6.07, 6.45) is 2.72. The fraction of sp³-hybridized carbons (Fsp3) is 0.250. The third kappa shape index (κ3) is 2.50. The summed E-state index contributed by atoms with van der Waals surface area (Å²) in [6.45, 7) is 3.75.